The molecule has 0 fully saturated rings. The first-order valence-electron chi connectivity index (χ1n) is 7.78. The van der Waals surface area contributed by atoms with Crippen LogP contribution in [0.3, 0.4) is 0 Å². The Morgan fingerprint density at radius 3 is 2.44 bits per heavy atom. The van der Waals surface area contributed by atoms with E-state index in [1.807, 2.05) is 0 Å². The Labute approximate surface area is 150 Å². The molecule has 25 heavy (non-hydrogen) atoms. The van der Waals surface area contributed by atoms with Gasteiger partial charge in [0, 0.05) is 5.41 Å². The maximum Gasteiger partial charge on any atom is 0.343 e. The number of halogens is 1. The van der Waals surface area contributed by atoms with Crippen LogP contribution in [0.1, 0.15) is 48.5 Å². The van der Waals surface area contributed by atoms with E-state index >= 15 is 0 Å². The van der Waals surface area contributed by atoms with Crippen LogP contribution in [-0.2, 0) is 4.74 Å². The summed E-state index contributed by atoms with van der Waals surface area (Å²) in [5.41, 5.74) is -1.42. The highest BCUT2D eigenvalue weighted by atomic mass is 35.5. The number of ether oxygens (including phenoxy) is 1. The molecule has 0 N–H and O–H groups in total. The Bertz CT molecular complexity index is 881. The summed E-state index contributed by atoms with van der Waals surface area (Å²) in [7, 11) is 0. The second kappa shape index (κ2) is 7.19. The third kappa shape index (κ3) is 3.96. The number of nitrogens with zero attached hydrogens (tertiary/aromatic N) is 2. The van der Waals surface area contributed by atoms with Crippen LogP contribution >= 0.6 is 11.6 Å². The van der Waals surface area contributed by atoms with Crippen LogP contribution in [0.5, 0.6) is 0 Å². The maximum atomic E-state index is 12.7. The van der Waals surface area contributed by atoms with Gasteiger partial charge in [-0.1, -0.05) is 44.5 Å². The van der Waals surface area contributed by atoms with Gasteiger partial charge in [-0.15, -0.1) is 0 Å². The molecule has 0 atom stereocenters. The first-order valence-corrected chi connectivity index (χ1v) is 8.15. The summed E-state index contributed by atoms with van der Waals surface area (Å²) in [6, 6.07) is 7.73. The van der Waals surface area contributed by atoms with Gasteiger partial charge in [0.05, 0.1) is 17.3 Å². The molecule has 0 radical (unpaired) electrons. The van der Waals surface area contributed by atoms with Crippen LogP contribution in [0.2, 0.25) is 5.02 Å². The molecule has 1 aromatic carbocycles. The Kier molecular flexibility index (Phi) is 5.42. The number of benzene rings is 1. The Hall–Kier alpha value is -2.47. The van der Waals surface area contributed by atoms with Gasteiger partial charge in [0.15, 0.2) is 5.78 Å². The zero-order chi connectivity index (χ0) is 18.8. The van der Waals surface area contributed by atoms with Crippen LogP contribution in [-0.4, -0.2) is 28.1 Å². The molecule has 0 spiro atoms. The summed E-state index contributed by atoms with van der Waals surface area (Å²) in [6.07, 6.45) is 0. The van der Waals surface area contributed by atoms with Crippen LogP contribution in [0.4, 0.5) is 0 Å². The van der Waals surface area contributed by atoms with Gasteiger partial charge in [-0.05, 0) is 25.1 Å². The molecular weight excluding hydrogens is 344 g/mol. The van der Waals surface area contributed by atoms with E-state index in [2.05, 4.69) is 5.10 Å². The molecular formula is C18H19ClN2O4. The second-order valence-electron chi connectivity index (χ2n) is 6.41. The van der Waals surface area contributed by atoms with E-state index in [0.717, 1.165) is 4.68 Å². The predicted molar refractivity (Wildman–Crippen MR) is 94.6 cm³/mol. The van der Waals surface area contributed by atoms with E-state index in [4.69, 9.17) is 16.3 Å². The van der Waals surface area contributed by atoms with Crippen molar-refractivity contribution < 1.29 is 14.3 Å². The van der Waals surface area contributed by atoms with Crippen molar-refractivity contribution in [3.63, 3.8) is 0 Å². The average molecular weight is 363 g/mol. The fourth-order valence-electron chi connectivity index (χ4n) is 2.13. The van der Waals surface area contributed by atoms with Crippen molar-refractivity contribution in [3.8, 4) is 5.69 Å². The largest absolute Gasteiger partial charge is 0.462 e. The number of Topliss-reactive ketones (excluding diaryl/α,β-unsaturated/α-hetero) is 1. The van der Waals surface area contributed by atoms with Crippen molar-refractivity contribution in [1.29, 1.82) is 0 Å². The van der Waals surface area contributed by atoms with Crippen molar-refractivity contribution in [2.24, 2.45) is 5.41 Å². The third-order valence-electron chi connectivity index (χ3n) is 3.40. The van der Waals surface area contributed by atoms with E-state index < -0.39 is 16.9 Å². The normalized spacial score (nSPS) is 11.2. The molecule has 0 aliphatic rings. The van der Waals surface area contributed by atoms with E-state index in [1.54, 1.807) is 52.0 Å². The zero-order valence-electron chi connectivity index (χ0n) is 14.5. The molecule has 1 aromatic heterocycles. The standard InChI is InChI=1S/C18H19ClN2O4/c1-5-25-17(24)11-10-13(15(22)18(2,3)4)20-21(16(11)23)14-9-7-6-8-12(14)19/h6-10H,5H2,1-4H3. The molecule has 0 aliphatic heterocycles. The summed E-state index contributed by atoms with van der Waals surface area (Å²) in [5.74, 6) is -1.11. The predicted octanol–water partition coefficient (Wildman–Crippen LogP) is 3.29. The molecule has 2 aromatic rings. The van der Waals surface area contributed by atoms with E-state index in [9.17, 15) is 14.4 Å². The summed E-state index contributed by atoms with van der Waals surface area (Å²) >= 11 is 6.14. The molecule has 6 nitrogen and oxygen atoms in total. The van der Waals surface area contributed by atoms with Gasteiger partial charge in [-0.25, -0.2) is 4.79 Å². The van der Waals surface area contributed by atoms with Crippen molar-refractivity contribution in [2.75, 3.05) is 6.61 Å². The second-order valence-corrected chi connectivity index (χ2v) is 6.82. The minimum Gasteiger partial charge on any atom is -0.462 e. The summed E-state index contributed by atoms with van der Waals surface area (Å²) in [6.45, 7) is 6.92. The summed E-state index contributed by atoms with van der Waals surface area (Å²) in [4.78, 5) is 37.5. The van der Waals surface area contributed by atoms with Crippen LogP contribution in [0.25, 0.3) is 5.69 Å². The van der Waals surface area contributed by atoms with E-state index in [1.165, 1.54) is 6.07 Å². The summed E-state index contributed by atoms with van der Waals surface area (Å²) in [5, 5.41) is 4.41. The number of carbonyl (C=O) groups excluding carboxylic acids is 2. The molecule has 0 amide bonds. The highest BCUT2D eigenvalue weighted by Gasteiger charge is 2.28. The minimum atomic E-state index is -0.807. The average Bonchev–Trinajstić information content (AvgIpc) is 2.54. The topological polar surface area (TPSA) is 78.3 Å². The first kappa shape index (κ1) is 18.9. The number of ketones is 1. The Morgan fingerprint density at radius 2 is 1.88 bits per heavy atom. The van der Waals surface area contributed by atoms with Crippen molar-refractivity contribution in [3.05, 3.63) is 57.0 Å². The van der Waals surface area contributed by atoms with Crippen LogP contribution < -0.4 is 5.56 Å². The number of esters is 1. The Balaban J connectivity index is 2.77. The number of hydrogen-bond donors (Lipinski definition) is 0. The van der Waals surface area contributed by atoms with Gasteiger partial charge >= 0.3 is 5.97 Å². The van der Waals surface area contributed by atoms with Crippen LogP contribution in [0, 0.1) is 5.41 Å². The van der Waals surface area contributed by atoms with E-state index in [-0.39, 0.29) is 34.4 Å². The fourth-order valence-corrected chi connectivity index (χ4v) is 2.35. The third-order valence-corrected chi connectivity index (χ3v) is 3.72. The van der Waals surface area contributed by atoms with Gasteiger partial charge < -0.3 is 4.74 Å². The first-order chi connectivity index (χ1) is 11.7. The highest BCUT2D eigenvalue weighted by Crippen LogP contribution is 2.22. The van der Waals surface area contributed by atoms with Crippen molar-refractivity contribution in [1.82, 2.24) is 9.78 Å². The number of rotatable bonds is 4. The zero-order valence-corrected chi connectivity index (χ0v) is 15.3. The number of hydrogen-bond acceptors (Lipinski definition) is 5. The molecule has 0 aliphatic carbocycles. The van der Waals surface area contributed by atoms with Crippen LogP contribution in [0.15, 0.2) is 35.1 Å². The molecule has 1 heterocycles. The lowest BCUT2D eigenvalue weighted by molar-refractivity contribution is 0.0523. The lowest BCUT2D eigenvalue weighted by Crippen LogP contribution is -2.32. The molecule has 0 bridgehead atoms. The van der Waals surface area contributed by atoms with E-state index in [0.29, 0.717) is 0 Å². The smallest absolute Gasteiger partial charge is 0.343 e. The SMILES string of the molecule is CCOC(=O)c1cc(C(=O)C(C)(C)C)nn(-c2ccccc2Cl)c1=O. The minimum absolute atomic E-state index is 0.00456. The highest BCUT2D eigenvalue weighted by molar-refractivity contribution is 6.32. The lowest BCUT2D eigenvalue weighted by atomic mass is 9.88. The van der Waals surface area contributed by atoms with Gasteiger partial charge in [-0.2, -0.15) is 9.78 Å². The lowest BCUT2D eigenvalue weighted by Gasteiger charge is -2.17. The molecule has 132 valence electrons. The van der Waals surface area contributed by atoms with Crippen molar-refractivity contribution in [2.45, 2.75) is 27.7 Å². The molecule has 0 saturated carbocycles. The fraction of sp³-hybridized carbons (Fsp3) is 0.333. The molecule has 7 heteroatoms. The molecule has 2 rings (SSSR count). The Morgan fingerprint density at radius 1 is 1.24 bits per heavy atom. The molecule has 0 saturated heterocycles. The number of para-hydroxylation sites is 1. The quantitative estimate of drug-likeness (QED) is 0.616. The summed E-state index contributed by atoms with van der Waals surface area (Å²) < 4.78 is 5.89. The van der Waals surface area contributed by atoms with Crippen molar-refractivity contribution >= 4 is 23.4 Å². The van der Waals surface area contributed by atoms with Gasteiger partial charge in [0.2, 0.25) is 0 Å². The van der Waals surface area contributed by atoms with Gasteiger partial charge in [0.25, 0.3) is 5.56 Å². The maximum absolute atomic E-state index is 12.7. The monoisotopic (exact) mass is 362 g/mol. The molecule has 0 unspecified atom stereocenters. The van der Waals surface area contributed by atoms with Gasteiger partial charge in [0.1, 0.15) is 11.3 Å². The number of aromatic nitrogens is 2. The number of carbonyl (C=O) groups is 2. The van der Waals surface area contributed by atoms with Gasteiger partial charge in [-0.3, -0.25) is 9.59 Å².